The van der Waals surface area contributed by atoms with E-state index in [1.807, 2.05) is 0 Å². The van der Waals surface area contributed by atoms with Gasteiger partial charge in [0.1, 0.15) is 5.54 Å². The average molecular weight is 225 g/mol. The lowest BCUT2D eigenvalue weighted by Gasteiger charge is -2.27. The summed E-state index contributed by atoms with van der Waals surface area (Å²) in [4.78, 5) is 2.34. The van der Waals surface area contributed by atoms with Crippen LogP contribution in [0.25, 0.3) is 0 Å². The first-order valence-corrected chi connectivity index (χ1v) is 6.49. The SMILES string of the molecule is CCCN(C)CCCC(C#N)(CC)NCC. The monoisotopic (exact) mass is 225 g/mol. The van der Waals surface area contributed by atoms with Gasteiger partial charge in [-0.05, 0) is 52.4 Å². The van der Waals surface area contributed by atoms with Crippen LogP contribution in [0.5, 0.6) is 0 Å². The molecule has 3 nitrogen and oxygen atoms in total. The molecule has 0 spiro atoms. The molecular formula is C13H27N3. The molecule has 0 aliphatic carbocycles. The first-order valence-electron chi connectivity index (χ1n) is 6.49. The summed E-state index contributed by atoms with van der Waals surface area (Å²) in [6.45, 7) is 9.44. The van der Waals surface area contributed by atoms with Crippen LogP contribution in [-0.2, 0) is 0 Å². The fourth-order valence-electron chi connectivity index (χ4n) is 2.05. The van der Waals surface area contributed by atoms with Crippen molar-refractivity contribution in [3.05, 3.63) is 0 Å². The van der Waals surface area contributed by atoms with Crippen molar-refractivity contribution in [3.8, 4) is 6.07 Å². The van der Waals surface area contributed by atoms with Crippen molar-refractivity contribution in [2.24, 2.45) is 0 Å². The Morgan fingerprint density at radius 1 is 1.25 bits per heavy atom. The second-order valence-corrected chi connectivity index (χ2v) is 4.48. The van der Waals surface area contributed by atoms with Gasteiger partial charge in [-0.2, -0.15) is 5.26 Å². The predicted octanol–water partition coefficient (Wildman–Crippen LogP) is 2.39. The fourth-order valence-corrected chi connectivity index (χ4v) is 2.05. The molecule has 1 N–H and O–H groups in total. The third-order valence-electron chi connectivity index (χ3n) is 3.08. The van der Waals surface area contributed by atoms with Crippen LogP contribution in [0.3, 0.4) is 0 Å². The maximum Gasteiger partial charge on any atom is 0.106 e. The molecule has 0 aromatic heterocycles. The van der Waals surface area contributed by atoms with Crippen LogP contribution >= 0.6 is 0 Å². The molecular weight excluding hydrogens is 198 g/mol. The zero-order valence-corrected chi connectivity index (χ0v) is 11.3. The Morgan fingerprint density at radius 3 is 2.38 bits per heavy atom. The van der Waals surface area contributed by atoms with E-state index in [1.165, 1.54) is 6.42 Å². The first kappa shape index (κ1) is 15.4. The van der Waals surface area contributed by atoms with E-state index in [4.69, 9.17) is 0 Å². The lowest BCUT2D eigenvalue weighted by atomic mass is 9.92. The molecule has 0 heterocycles. The van der Waals surface area contributed by atoms with E-state index < -0.39 is 0 Å². The maximum absolute atomic E-state index is 9.25. The molecule has 0 rings (SSSR count). The van der Waals surface area contributed by atoms with Crippen molar-refractivity contribution in [1.29, 1.82) is 5.26 Å². The molecule has 0 saturated carbocycles. The fraction of sp³-hybridized carbons (Fsp3) is 0.923. The topological polar surface area (TPSA) is 39.1 Å². The Bertz CT molecular complexity index is 210. The Labute approximate surface area is 101 Å². The smallest absolute Gasteiger partial charge is 0.106 e. The van der Waals surface area contributed by atoms with E-state index >= 15 is 0 Å². The Hall–Kier alpha value is -0.590. The van der Waals surface area contributed by atoms with Gasteiger partial charge >= 0.3 is 0 Å². The van der Waals surface area contributed by atoms with Crippen LogP contribution in [0.15, 0.2) is 0 Å². The largest absolute Gasteiger partial charge is 0.306 e. The van der Waals surface area contributed by atoms with Gasteiger partial charge in [0.25, 0.3) is 0 Å². The molecule has 0 fully saturated rings. The van der Waals surface area contributed by atoms with Gasteiger partial charge in [0.2, 0.25) is 0 Å². The minimum atomic E-state index is -0.304. The molecule has 3 heteroatoms. The summed E-state index contributed by atoms with van der Waals surface area (Å²) in [5, 5.41) is 12.6. The zero-order valence-electron chi connectivity index (χ0n) is 11.3. The molecule has 16 heavy (non-hydrogen) atoms. The van der Waals surface area contributed by atoms with E-state index in [0.717, 1.165) is 38.9 Å². The third kappa shape index (κ3) is 5.48. The molecule has 0 amide bonds. The van der Waals surface area contributed by atoms with Crippen LogP contribution in [-0.4, -0.2) is 37.1 Å². The van der Waals surface area contributed by atoms with Crippen LogP contribution in [0.1, 0.15) is 46.5 Å². The first-order chi connectivity index (χ1) is 7.64. The third-order valence-corrected chi connectivity index (χ3v) is 3.08. The highest BCUT2D eigenvalue weighted by Gasteiger charge is 2.25. The summed E-state index contributed by atoms with van der Waals surface area (Å²) in [5.41, 5.74) is -0.304. The number of nitrogens with zero attached hydrogens (tertiary/aromatic N) is 2. The van der Waals surface area contributed by atoms with Crippen molar-refractivity contribution < 1.29 is 0 Å². The molecule has 0 aliphatic heterocycles. The second-order valence-electron chi connectivity index (χ2n) is 4.48. The lowest BCUT2D eigenvalue weighted by molar-refractivity contribution is 0.296. The summed E-state index contributed by atoms with van der Waals surface area (Å²) in [5.74, 6) is 0. The summed E-state index contributed by atoms with van der Waals surface area (Å²) in [7, 11) is 2.15. The maximum atomic E-state index is 9.25. The summed E-state index contributed by atoms with van der Waals surface area (Å²) < 4.78 is 0. The van der Waals surface area contributed by atoms with E-state index in [1.54, 1.807) is 0 Å². The van der Waals surface area contributed by atoms with Crippen LogP contribution < -0.4 is 5.32 Å². The Kier molecular flexibility index (Phi) is 8.23. The van der Waals surface area contributed by atoms with Gasteiger partial charge in [0, 0.05) is 0 Å². The highest BCUT2D eigenvalue weighted by molar-refractivity contribution is 5.05. The number of rotatable bonds is 9. The van der Waals surface area contributed by atoms with E-state index in [-0.39, 0.29) is 5.54 Å². The van der Waals surface area contributed by atoms with Crippen LogP contribution in [0, 0.1) is 11.3 Å². The van der Waals surface area contributed by atoms with Gasteiger partial charge in [-0.25, -0.2) is 0 Å². The Morgan fingerprint density at radius 2 is 1.94 bits per heavy atom. The molecule has 1 atom stereocenters. The Balaban J connectivity index is 3.99. The molecule has 0 aromatic carbocycles. The van der Waals surface area contributed by atoms with Crippen molar-refractivity contribution in [2.75, 3.05) is 26.7 Å². The van der Waals surface area contributed by atoms with Crippen molar-refractivity contribution in [1.82, 2.24) is 10.2 Å². The molecule has 0 saturated heterocycles. The van der Waals surface area contributed by atoms with Crippen molar-refractivity contribution in [2.45, 2.75) is 52.0 Å². The quantitative estimate of drug-likeness (QED) is 0.655. The minimum Gasteiger partial charge on any atom is -0.306 e. The number of nitriles is 1. The summed E-state index contributed by atoms with van der Waals surface area (Å²) in [6, 6.07) is 2.44. The predicted molar refractivity (Wildman–Crippen MR) is 69.3 cm³/mol. The normalized spacial score (nSPS) is 14.8. The van der Waals surface area contributed by atoms with E-state index in [2.05, 4.69) is 44.1 Å². The van der Waals surface area contributed by atoms with Crippen molar-refractivity contribution >= 4 is 0 Å². The van der Waals surface area contributed by atoms with Gasteiger partial charge in [0.15, 0.2) is 0 Å². The van der Waals surface area contributed by atoms with E-state index in [9.17, 15) is 5.26 Å². The van der Waals surface area contributed by atoms with Gasteiger partial charge in [-0.3, -0.25) is 5.32 Å². The van der Waals surface area contributed by atoms with Gasteiger partial charge in [-0.15, -0.1) is 0 Å². The van der Waals surface area contributed by atoms with Crippen molar-refractivity contribution in [3.63, 3.8) is 0 Å². The molecule has 0 aliphatic rings. The lowest BCUT2D eigenvalue weighted by Crippen LogP contribution is -2.43. The number of nitrogens with one attached hydrogen (secondary N) is 1. The van der Waals surface area contributed by atoms with Crippen LogP contribution in [0.4, 0.5) is 0 Å². The van der Waals surface area contributed by atoms with E-state index in [0.29, 0.717) is 0 Å². The highest BCUT2D eigenvalue weighted by Crippen LogP contribution is 2.16. The molecule has 94 valence electrons. The average Bonchev–Trinajstić information content (AvgIpc) is 2.28. The summed E-state index contributed by atoms with van der Waals surface area (Å²) in [6.07, 6.45) is 4.11. The molecule has 0 radical (unpaired) electrons. The van der Waals surface area contributed by atoms with Crippen LogP contribution in [0.2, 0.25) is 0 Å². The van der Waals surface area contributed by atoms with Gasteiger partial charge < -0.3 is 4.90 Å². The molecule has 0 bridgehead atoms. The van der Waals surface area contributed by atoms with Gasteiger partial charge in [-0.1, -0.05) is 20.8 Å². The zero-order chi connectivity index (χ0) is 12.4. The second kappa shape index (κ2) is 8.55. The number of hydrogen-bond acceptors (Lipinski definition) is 3. The highest BCUT2D eigenvalue weighted by atomic mass is 15.1. The summed E-state index contributed by atoms with van der Waals surface area (Å²) >= 11 is 0. The molecule has 1 unspecified atom stereocenters. The molecule has 0 aromatic rings. The standard InChI is InChI=1S/C13H27N3/c1-5-10-16(4)11-8-9-13(6-2,12-14)15-7-3/h15H,5-11H2,1-4H3. The minimum absolute atomic E-state index is 0.304. The van der Waals surface area contributed by atoms with Gasteiger partial charge in [0.05, 0.1) is 6.07 Å². The number of hydrogen-bond donors (Lipinski definition) is 1.